The molecule has 2 aromatic rings. The molecule has 2 nitrogen and oxygen atoms in total. The van der Waals surface area contributed by atoms with Gasteiger partial charge in [-0.1, -0.05) is 48.5 Å². The Kier molecular flexibility index (Phi) is 4.20. The normalized spacial score (nSPS) is 17.8. The lowest BCUT2D eigenvalue weighted by molar-refractivity contribution is 0.518. The minimum Gasteiger partial charge on any atom is -0.348 e. The van der Waals surface area contributed by atoms with Gasteiger partial charge in [0.1, 0.15) is 0 Å². The van der Waals surface area contributed by atoms with Gasteiger partial charge in [-0.2, -0.15) is 0 Å². The minimum absolute atomic E-state index is 0.586. The monoisotopic (exact) mass is 296 g/mol. The van der Waals surface area contributed by atoms with Gasteiger partial charge in [0, 0.05) is 24.7 Å². The van der Waals surface area contributed by atoms with E-state index in [-0.39, 0.29) is 0 Å². The molecule has 3 heteroatoms. The Hall–Kier alpha value is -1.87. The number of thiocarbonyl (C=S) groups is 1. The molecule has 0 amide bonds. The Labute approximate surface area is 131 Å². The molecule has 1 atom stereocenters. The number of likely N-dealkylation sites (tertiary alicyclic amines) is 1. The van der Waals surface area contributed by atoms with Crippen molar-refractivity contribution in [3.8, 4) is 0 Å². The van der Waals surface area contributed by atoms with Crippen LogP contribution in [-0.2, 0) is 0 Å². The molecule has 3 rings (SSSR count). The van der Waals surface area contributed by atoms with Gasteiger partial charge in [0.25, 0.3) is 0 Å². The second-order valence-electron chi connectivity index (χ2n) is 5.59. The Morgan fingerprint density at radius 2 is 1.81 bits per heavy atom. The molecule has 1 heterocycles. The molecule has 108 valence electrons. The molecule has 0 spiro atoms. The first kappa shape index (κ1) is 14.1. The zero-order chi connectivity index (χ0) is 14.7. The van der Waals surface area contributed by atoms with Crippen LogP contribution in [0.25, 0.3) is 0 Å². The van der Waals surface area contributed by atoms with Crippen molar-refractivity contribution in [1.29, 1.82) is 0 Å². The molecular formula is C18H20N2S. The van der Waals surface area contributed by atoms with Crippen LogP contribution in [0.1, 0.15) is 23.5 Å². The van der Waals surface area contributed by atoms with Crippen LogP contribution in [0.4, 0.5) is 5.69 Å². The van der Waals surface area contributed by atoms with Crippen LogP contribution in [0.15, 0.2) is 54.6 Å². The molecule has 0 bridgehead atoms. The third kappa shape index (κ3) is 3.24. The van der Waals surface area contributed by atoms with E-state index in [1.807, 2.05) is 12.1 Å². The maximum absolute atomic E-state index is 5.57. The van der Waals surface area contributed by atoms with Gasteiger partial charge in [-0.25, -0.2) is 0 Å². The highest BCUT2D eigenvalue weighted by Gasteiger charge is 2.25. The van der Waals surface area contributed by atoms with Gasteiger partial charge in [-0.05, 0) is 42.8 Å². The predicted octanol–water partition coefficient (Wildman–Crippen LogP) is 4.18. The van der Waals surface area contributed by atoms with E-state index in [0.29, 0.717) is 5.92 Å². The lowest BCUT2D eigenvalue weighted by Crippen LogP contribution is -2.32. The van der Waals surface area contributed by atoms with Crippen molar-refractivity contribution in [2.45, 2.75) is 19.3 Å². The largest absolute Gasteiger partial charge is 0.348 e. The molecule has 1 saturated heterocycles. The number of benzene rings is 2. The Morgan fingerprint density at radius 1 is 1.10 bits per heavy atom. The fourth-order valence-electron chi connectivity index (χ4n) is 2.85. The zero-order valence-corrected chi connectivity index (χ0v) is 13.1. The second kappa shape index (κ2) is 6.27. The number of para-hydroxylation sites is 1. The van der Waals surface area contributed by atoms with Crippen LogP contribution in [-0.4, -0.2) is 23.1 Å². The Balaban J connectivity index is 1.64. The summed E-state index contributed by atoms with van der Waals surface area (Å²) in [5, 5.41) is 4.22. The maximum Gasteiger partial charge on any atom is 0.173 e. The van der Waals surface area contributed by atoms with E-state index in [9.17, 15) is 0 Å². The fraction of sp³-hybridized carbons (Fsp3) is 0.278. The smallest absolute Gasteiger partial charge is 0.173 e. The molecule has 1 N–H and O–H groups in total. The summed E-state index contributed by atoms with van der Waals surface area (Å²) in [5.41, 5.74) is 3.74. The molecule has 21 heavy (non-hydrogen) atoms. The first-order valence-corrected chi connectivity index (χ1v) is 7.81. The summed E-state index contributed by atoms with van der Waals surface area (Å²) in [6.45, 7) is 4.13. The van der Waals surface area contributed by atoms with E-state index in [4.69, 9.17) is 12.2 Å². The van der Waals surface area contributed by atoms with Crippen molar-refractivity contribution in [1.82, 2.24) is 4.90 Å². The van der Waals surface area contributed by atoms with E-state index >= 15 is 0 Å². The summed E-state index contributed by atoms with van der Waals surface area (Å²) >= 11 is 5.57. The van der Waals surface area contributed by atoms with Crippen molar-refractivity contribution in [2.24, 2.45) is 0 Å². The number of aryl methyl sites for hydroxylation is 1. The van der Waals surface area contributed by atoms with Gasteiger partial charge in [0.05, 0.1) is 0 Å². The predicted molar refractivity (Wildman–Crippen MR) is 92.8 cm³/mol. The number of hydrogen-bond acceptors (Lipinski definition) is 1. The van der Waals surface area contributed by atoms with Gasteiger partial charge >= 0.3 is 0 Å². The molecule has 0 aliphatic carbocycles. The van der Waals surface area contributed by atoms with Crippen LogP contribution < -0.4 is 5.32 Å². The number of hydrogen-bond donors (Lipinski definition) is 1. The van der Waals surface area contributed by atoms with Crippen molar-refractivity contribution in [2.75, 3.05) is 18.4 Å². The van der Waals surface area contributed by atoms with E-state index in [1.165, 1.54) is 17.5 Å². The van der Waals surface area contributed by atoms with Crippen LogP contribution in [0.3, 0.4) is 0 Å². The SMILES string of the molecule is Cc1ccccc1NC(=S)N1CC[C@@H](c2ccccc2)C1. The maximum atomic E-state index is 5.57. The topological polar surface area (TPSA) is 15.3 Å². The summed E-state index contributed by atoms with van der Waals surface area (Å²) in [5.74, 6) is 0.586. The summed E-state index contributed by atoms with van der Waals surface area (Å²) in [6, 6.07) is 19.0. The van der Waals surface area contributed by atoms with E-state index in [2.05, 4.69) is 59.6 Å². The summed E-state index contributed by atoms with van der Waals surface area (Å²) in [4.78, 5) is 2.28. The first-order chi connectivity index (χ1) is 10.2. The second-order valence-corrected chi connectivity index (χ2v) is 5.97. The average Bonchev–Trinajstić information content (AvgIpc) is 3.00. The van der Waals surface area contributed by atoms with Crippen LogP contribution >= 0.6 is 12.2 Å². The van der Waals surface area contributed by atoms with Gasteiger partial charge in [-0.3, -0.25) is 0 Å². The molecule has 1 aliphatic heterocycles. The lowest BCUT2D eigenvalue weighted by Gasteiger charge is -2.21. The Morgan fingerprint density at radius 3 is 2.57 bits per heavy atom. The molecule has 2 aromatic carbocycles. The van der Waals surface area contributed by atoms with Crippen LogP contribution in [0, 0.1) is 6.92 Å². The number of nitrogens with one attached hydrogen (secondary N) is 1. The van der Waals surface area contributed by atoms with Crippen molar-refractivity contribution in [3.63, 3.8) is 0 Å². The molecule has 0 saturated carbocycles. The van der Waals surface area contributed by atoms with Crippen molar-refractivity contribution in [3.05, 3.63) is 65.7 Å². The van der Waals surface area contributed by atoms with Gasteiger partial charge < -0.3 is 10.2 Å². The Bertz CT molecular complexity index is 624. The quantitative estimate of drug-likeness (QED) is 0.837. The molecule has 1 fully saturated rings. The van der Waals surface area contributed by atoms with Crippen molar-refractivity contribution < 1.29 is 0 Å². The van der Waals surface area contributed by atoms with E-state index in [1.54, 1.807) is 0 Å². The lowest BCUT2D eigenvalue weighted by atomic mass is 9.99. The third-order valence-electron chi connectivity index (χ3n) is 4.13. The van der Waals surface area contributed by atoms with Crippen molar-refractivity contribution >= 4 is 23.0 Å². The number of anilines is 1. The van der Waals surface area contributed by atoms with Gasteiger partial charge in [0.2, 0.25) is 0 Å². The molecule has 0 aromatic heterocycles. The fourth-order valence-corrected chi connectivity index (χ4v) is 3.13. The standard InChI is InChI=1S/C18H20N2S/c1-14-7-5-6-10-17(14)19-18(21)20-12-11-16(13-20)15-8-3-2-4-9-15/h2-10,16H,11-13H2,1H3,(H,19,21)/t16-/m1/s1. The minimum atomic E-state index is 0.586. The average molecular weight is 296 g/mol. The molecular weight excluding hydrogens is 276 g/mol. The van der Waals surface area contributed by atoms with Crippen LogP contribution in [0.2, 0.25) is 0 Å². The van der Waals surface area contributed by atoms with Gasteiger partial charge in [0.15, 0.2) is 5.11 Å². The highest BCUT2D eigenvalue weighted by atomic mass is 32.1. The van der Waals surface area contributed by atoms with E-state index < -0.39 is 0 Å². The molecule has 0 radical (unpaired) electrons. The third-order valence-corrected chi connectivity index (χ3v) is 4.49. The first-order valence-electron chi connectivity index (χ1n) is 7.40. The highest BCUT2D eigenvalue weighted by molar-refractivity contribution is 7.80. The summed E-state index contributed by atoms with van der Waals surface area (Å²) < 4.78 is 0. The highest BCUT2D eigenvalue weighted by Crippen LogP contribution is 2.27. The number of rotatable bonds is 2. The van der Waals surface area contributed by atoms with Gasteiger partial charge in [-0.15, -0.1) is 0 Å². The summed E-state index contributed by atoms with van der Waals surface area (Å²) in [6.07, 6.45) is 1.17. The van der Waals surface area contributed by atoms with Crippen LogP contribution in [0.5, 0.6) is 0 Å². The van der Waals surface area contributed by atoms with E-state index in [0.717, 1.165) is 23.9 Å². The number of nitrogens with zero attached hydrogens (tertiary/aromatic N) is 1. The summed E-state index contributed by atoms with van der Waals surface area (Å²) in [7, 11) is 0. The zero-order valence-electron chi connectivity index (χ0n) is 12.3. The molecule has 1 aliphatic rings. The molecule has 0 unspecified atom stereocenters.